The minimum Gasteiger partial charge on any atom is -0.347 e. The van der Waals surface area contributed by atoms with Gasteiger partial charge in [0.15, 0.2) is 0 Å². The molecule has 1 aromatic rings. The van der Waals surface area contributed by atoms with Gasteiger partial charge in [0.25, 0.3) is 0 Å². The number of amides is 3. The predicted octanol–water partition coefficient (Wildman–Crippen LogP) is 0.972. The molecular formula is C14H25N5O2. The summed E-state index contributed by atoms with van der Waals surface area (Å²) in [4.78, 5) is 34.5. The molecule has 1 heterocycles. The van der Waals surface area contributed by atoms with E-state index in [0.29, 0.717) is 12.4 Å². The number of urea groups is 1. The van der Waals surface area contributed by atoms with Crippen molar-refractivity contribution in [2.45, 2.75) is 33.4 Å². The first-order valence-electron chi connectivity index (χ1n) is 6.95. The van der Waals surface area contributed by atoms with E-state index in [9.17, 15) is 9.59 Å². The van der Waals surface area contributed by atoms with Gasteiger partial charge >= 0.3 is 6.03 Å². The molecule has 7 heteroatoms. The maximum Gasteiger partial charge on any atom is 0.318 e. The van der Waals surface area contributed by atoms with Gasteiger partial charge in [0.1, 0.15) is 11.9 Å². The Kier molecular flexibility index (Phi) is 5.75. The van der Waals surface area contributed by atoms with Crippen LogP contribution in [0, 0.1) is 12.8 Å². The predicted molar refractivity (Wildman–Crippen MR) is 80.6 cm³/mol. The fourth-order valence-corrected chi connectivity index (χ4v) is 1.88. The summed E-state index contributed by atoms with van der Waals surface area (Å²) in [5.41, 5.74) is 0.946. The van der Waals surface area contributed by atoms with Crippen molar-refractivity contribution < 1.29 is 9.59 Å². The molecule has 2 N–H and O–H groups in total. The number of aromatic nitrogens is 2. The fourth-order valence-electron chi connectivity index (χ4n) is 1.88. The minimum absolute atomic E-state index is 0.0168. The topological polar surface area (TPSA) is 81.3 Å². The van der Waals surface area contributed by atoms with Crippen molar-refractivity contribution in [3.8, 4) is 0 Å². The van der Waals surface area contributed by atoms with Crippen molar-refractivity contribution in [3.63, 3.8) is 0 Å². The number of imidazole rings is 1. The lowest BCUT2D eigenvalue weighted by Gasteiger charge is -2.27. The highest BCUT2D eigenvalue weighted by atomic mass is 16.2. The van der Waals surface area contributed by atoms with Gasteiger partial charge in [-0.1, -0.05) is 13.8 Å². The van der Waals surface area contributed by atoms with Crippen molar-refractivity contribution in [3.05, 3.63) is 17.7 Å². The van der Waals surface area contributed by atoms with Crippen LogP contribution in [0.25, 0.3) is 0 Å². The number of likely N-dealkylation sites (N-methyl/N-ethyl adjacent to an activating group) is 1. The molecule has 1 rings (SSSR count). The van der Waals surface area contributed by atoms with Crippen LogP contribution >= 0.6 is 0 Å². The Bertz CT molecular complexity index is 495. The summed E-state index contributed by atoms with van der Waals surface area (Å²) in [5.74, 6) is 0.619. The number of nitrogens with zero attached hydrogens (tertiary/aromatic N) is 3. The van der Waals surface area contributed by atoms with Gasteiger partial charge in [-0.3, -0.25) is 4.79 Å². The lowest BCUT2D eigenvalue weighted by atomic mass is 10.0. The Hall–Kier alpha value is -2.05. The zero-order valence-electron chi connectivity index (χ0n) is 13.6. The number of carbonyl (C=O) groups is 2. The van der Waals surface area contributed by atoms with Crippen LogP contribution < -0.4 is 5.32 Å². The molecule has 0 bridgehead atoms. The van der Waals surface area contributed by atoms with E-state index in [0.717, 1.165) is 5.69 Å². The van der Waals surface area contributed by atoms with Crippen LogP contribution in [0.4, 0.5) is 4.79 Å². The van der Waals surface area contributed by atoms with Crippen LogP contribution in [0.3, 0.4) is 0 Å². The van der Waals surface area contributed by atoms with Crippen LogP contribution in [0.2, 0.25) is 0 Å². The second-order valence-corrected chi connectivity index (χ2v) is 5.77. The lowest BCUT2D eigenvalue weighted by molar-refractivity contribution is -0.131. The Morgan fingerprint density at radius 2 is 1.95 bits per heavy atom. The smallest absolute Gasteiger partial charge is 0.318 e. The molecule has 0 aliphatic rings. The van der Waals surface area contributed by atoms with E-state index in [1.165, 1.54) is 9.80 Å². The third kappa shape index (κ3) is 4.77. The molecule has 0 aliphatic carbocycles. The molecule has 0 unspecified atom stereocenters. The zero-order valence-corrected chi connectivity index (χ0v) is 13.6. The maximum atomic E-state index is 12.2. The van der Waals surface area contributed by atoms with E-state index >= 15 is 0 Å². The monoisotopic (exact) mass is 295 g/mol. The van der Waals surface area contributed by atoms with E-state index in [1.807, 2.05) is 20.8 Å². The van der Waals surface area contributed by atoms with Crippen LogP contribution in [-0.2, 0) is 11.3 Å². The van der Waals surface area contributed by atoms with E-state index in [4.69, 9.17) is 0 Å². The average Bonchev–Trinajstić information content (AvgIpc) is 2.79. The van der Waals surface area contributed by atoms with Gasteiger partial charge in [0, 0.05) is 33.0 Å². The summed E-state index contributed by atoms with van der Waals surface area (Å²) in [6, 6.07) is -0.828. The molecule has 118 valence electrons. The summed E-state index contributed by atoms with van der Waals surface area (Å²) >= 11 is 0. The van der Waals surface area contributed by atoms with E-state index < -0.39 is 6.04 Å². The first-order valence-corrected chi connectivity index (χ1v) is 6.95. The Morgan fingerprint density at radius 3 is 2.38 bits per heavy atom. The average molecular weight is 295 g/mol. The second kappa shape index (κ2) is 7.10. The molecule has 0 radical (unpaired) electrons. The van der Waals surface area contributed by atoms with Gasteiger partial charge in [-0.05, 0) is 12.8 Å². The highest BCUT2D eigenvalue weighted by Gasteiger charge is 2.26. The van der Waals surface area contributed by atoms with Crippen LogP contribution in [-0.4, -0.2) is 58.9 Å². The maximum absolute atomic E-state index is 12.2. The molecular weight excluding hydrogens is 270 g/mol. The third-order valence-electron chi connectivity index (χ3n) is 3.14. The molecule has 0 aromatic carbocycles. The summed E-state index contributed by atoms with van der Waals surface area (Å²) in [6.07, 6.45) is 1.72. The quantitative estimate of drug-likeness (QED) is 0.849. The molecule has 0 saturated carbocycles. The summed E-state index contributed by atoms with van der Waals surface area (Å²) < 4.78 is 0. The Labute approximate surface area is 125 Å². The van der Waals surface area contributed by atoms with Gasteiger partial charge < -0.3 is 20.1 Å². The lowest BCUT2D eigenvalue weighted by Crippen LogP contribution is -2.52. The first-order chi connectivity index (χ1) is 9.72. The van der Waals surface area contributed by atoms with Crippen molar-refractivity contribution in [1.29, 1.82) is 0 Å². The normalized spacial score (nSPS) is 12.1. The molecule has 21 heavy (non-hydrogen) atoms. The number of hydrogen-bond acceptors (Lipinski definition) is 3. The zero-order chi connectivity index (χ0) is 16.2. The highest BCUT2D eigenvalue weighted by molar-refractivity contribution is 5.86. The van der Waals surface area contributed by atoms with Crippen molar-refractivity contribution >= 4 is 11.9 Å². The van der Waals surface area contributed by atoms with Crippen LogP contribution in [0.1, 0.15) is 25.4 Å². The number of carbonyl (C=O) groups excluding carboxylic acids is 2. The molecule has 0 saturated heterocycles. The molecule has 1 aromatic heterocycles. The number of hydrogen-bond donors (Lipinski definition) is 2. The van der Waals surface area contributed by atoms with Gasteiger partial charge in [0.05, 0.1) is 6.54 Å². The first kappa shape index (κ1) is 17.0. The van der Waals surface area contributed by atoms with E-state index in [-0.39, 0.29) is 17.9 Å². The van der Waals surface area contributed by atoms with Crippen molar-refractivity contribution in [2.24, 2.45) is 5.92 Å². The van der Waals surface area contributed by atoms with Gasteiger partial charge in [-0.2, -0.15) is 0 Å². The number of H-pyrrole nitrogens is 1. The second-order valence-electron chi connectivity index (χ2n) is 5.77. The van der Waals surface area contributed by atoms with Crippen molar-refractivity contribution in [2.75, 3.05) is 21.1 Å². The molecule has 0 aliphatic heterocycles. The number of nitrogens with one attached hydrogen (secondary N) is 2. The minimum atomic E-state index is -0.534. The number of aromatic amines is 1. The SMILES string of the molecule is Cc1cnc(CN(C)C(=O)N[C@H](C(=O)N(C)C)C(C)C)[nH]1. The van der Waals surface area contributed by atoms with Crippen LogP contribution in [0.5, 0.6) is 0 Å². The van der Waals surface area contributed by atoms with E-state index in [1.54, 1.807) is 27.3 Å². The number of aryl methyl sites for hydroxylation is 1. The van der Waals surface area contributed by atoms with Crippen molar-refractivity contribution in [1.82, 2.24) is 25.1 Å². The summed E-state index contributed by atoms with van der Waals surface area (Å²) in [7, 11) is 5.03. The molecule has 7 nitrogen and oxygen atoms in total. The van der Waals surface area contributed by atoms with E-state index in [2.05, 4.69) is 15.3 Å². The summed E-state index contributed by atoms with van der Waals surface area (Å²) in [5, 5.41) is 2.78. The fraction of sp³-hybridized carbons (Fsp3) is 0.643. The number of rotatable bonds is 5. The van der Waals surface area contributed by atoms with Gasteiger partial charge in [-0.15, -0.1) is 0 Å². The molecule has 3 amide bonds. The Balaban J connectivity index is 2.66. The largest absolute Gasteiger partial charge is 0.347 e. The standard InChI is InChI=1S/C14H25N5O2/c1-9(2)12(13(20)18(4)5)17-14(21)19(6)8-11-15-7-10(3)16-11/h7,9,12H,8H2,1-6H3,(H,15,16)(H,17,21)/t12-/m0/s1. The Morgan fingerprint density at radius 1 is 1.33 bits per heavy atom. The highest BCUT2D eigenvalue weighted by Crippen LogP contribution is 2.06. The summed E-state index contributed by atoms with van der Waals surface area (Å²) in [6.45, 7) is 6.08. The third-order valence-corrected chi connectivity index (χ3v) is 3.14. The molecule has 1 atom stereocenters. The molecule has 0 fully saturated rings. The van der Waals surface area contributed by atoms with Crippen LogP contribution in [0.15, 0.2) is 6.20 Å². The van der Waals surface area contributed by atoms with Gasteiger partial charge in [-0.25, -0.2) is 9.78 Å². The molecule has 0 spiro atoms. The van der Waals surface area contributed by atoms with Gasteiger partial charge in [0.2, 0.25) is 5.91 Å².